The van der Waals surface area contributed by atoms with Crippen LogP contribution in [-0.4, -0.2) is 24.6 Å². The van der Waals surface area contributed by atoms with Gasteiger partial charge in [0.2, 0.25) is 0 Å². The van der Waals surface area contributed by atoms with E-state index in [1.54, 1.807) is 18.1 Å². The van der Waals surface area contributed by atoms with Crippen LogP contribution in [0.5, 0.6) is 5.75 Å². The first-order chi connectivity index (χ1) is 11.7. The van der Waals surface area contributed by atoms with Crippen molar-refractivity contribution in [1.29, 1.82) is 0 Å². The van der Waals surface area contributed by atoms with Crippen LogP contribution in [-0.2, 0) is 24.3 Å². The second kappa shape index (κ2) is 7.21. The van der Waals surface area contributed by atoms with Gasteiger partial charge in [0.05, 0.1) is 7.11 Å². The van der Waals surface area contributed by atoms with Crippen molar-refractivity contribution in [2.75, 3.05) is 13.7 Å². The lowest BCUT2D eigenvalue weighted by atomic mass is 9.96. The third-order valence-electron chi connectivity index (χ3n) is 4.25. The third kappa shape index (κ3) is 3.43. The molecule has 1 amide bonds. The number of nitrogens with zero attached hydrogens (tertiary/aromatic N) is 1. The summed E-state index contributed by atoms with van der Waals surface area (Å²) in [5, 5.41) is 0. The molecule has 0 radical (unpaired) electrons. The van der Waals surface area contributed by atoms with Crippen LogP contribution in [0.3, 0.4) is 0 Å². The molecule has 1 aliphatic rings. The standard InChI is InChI=1S/C20H21NO3/c1-3-16-11-18-13-21(10-9-17(18)12-19(16)23-2)20(22)24-14-15-7-5-4-6-8-15/h3-8,11-12H,1,9-10,13-14H2,2H3. The first-order valence-electron chi connectivity index (χ1n) is 7.99. The van der Waals surface area contributed by atoms with Crippen molar-refractivity contribution < 1.29 is 14.3 Å². The van der Waals surface area contributed by atoms with E-state index >= 15 is 0 Å². The summed E-state index contributed by atoms with van der Waals surface area (Å²) in [6, 6.07) is 13.8. The maximum Gasteiger partial charge on any atom is 0.410 e. The lowest BCUT2D eigenvalue weighted by molar-refractivity contribution is 0.0918. The van der Waals surface area contributed by atoms with E-state index < -0.39 is 0 Å². The number of carbonyl (C=O) groups is 1. The van der Waals surface area contributed by atoms with E-state index in [1.807, 2.05) is 42.5 Å². The molecule has 124 valence electrons. The summed E-state index contributed by atoms with van der Waals surface area (Å²) in [6.45, 7) is 5.31. The van der Waals surface area contributed by atoms with Crippen LogP contribution >= 0.6 is 0 Å². The zero-order chi connectivity index (χ0) is 16.9. The van der Waals surface area contributed by atoms with E-state index in [-0.39, 0.29) is 6.09 Å². The second-order valence-electron chi connectivity index (χ2n) is 5.78. The molecular weight excluding hydrogens is 302 g/mol. The molecular formula is C20H21NO3. The van der Waals surface area contributed by atoms with Gasteiger partial charge in [-0.25, -0.2) is 4.79 Å². The minimum Gasteiger partial charge on any atom is -0.496 e. The average molecular weight is 323 g/mol. The van der Waals surface area contributed by atoms with E-state index in [1.165, 1.54) is 5.56 Å². The number of carbonyl (C=O) groups excluding carboxylic acids is 1. The predicted octanol–water partition coefficient (Wildman–Crippen LogP) is 4.03. The molecule has 2 aromatic carbocycles. The molecule has 24 heavy (non-hydrogen) atoms. The zero-order valence-electron chi connectivity index (χ0n) is 13.8. The number of fused-ring (bicyclic) bond motifs is 1. The third-order valence-corrected chi connectivity index (χ3v) is 4.25. The lowest BCUT2D eigenvalue weighted by Crippen LogP contribution is -2.36. The average Bonchev–Trinajstić information content (AvgIpc) is 2.65. The Kier molecular flexibility index (Phi) is 4.85. The Balaban J connectivity index is 1.68. The molecule has 0 N–H and O–H groups in total. The molecule has 0 aliphatic carbocycles. The van der Waals surface area contributed by atoms with Gasteiger partial charge in [-0.1, -0.05) is 43.0 Å². The van der Waals surface area contributed by atoms with Crippen molar-refractivity contribution in [3.63, 3.8) is 0 Å². The summed E-state index contributed by atoms with van der Waals surface area (Å²) in [5.41, 5.74) is 4.26. The first-order valence-corrected chi connectivity index (χ1v) is 7.99. The van der Waals surface area contributed by atoms with Crippen molar-refractivity contribution in [3.05, 3.63) is 71.3 Å². The SMILES string of the molecule is C=Cc1cc2c(cc1OC)CCN(C(=O)OCc1ccccc1)C2. The Morgan fingerprint density at radius 3 is 2.75 bits per heavy atom. The molecule has 1 aliphatic heterocycles. The highest BCUT2D eigenvalue weighted by molar-refractivity contribution is 5.69. The number of rotatable bonds is 4. The van der Waals surface area contributed by atoms with Gasteiger partial charge < -0.3 is 14.4 Å². The fourth-order valence-electron chi connectivity index (χ4n) is 2.91. The summed E-state index contributed by atoms with van der Waals surface area (Å²) < 4.78 is 10.8. The molecule has 0 spiro atoms. The van der Waals surface area contributed by atoms with E-state index in [2.05, 4.69) is 6.58 Å². The molecule has 2 aromatic rings. The monoisotopic (exact) mass is 323 g/mol. The van der Waals surface area contributed by atoms with Crippen LogP contribution in [0.25, 0.3) is 6.08 Å². The van der Waals surface area contributed by atoms with Crippen LogP contribution in [0.2, 0.25) is 0 Å². The molecule has 0 atom stereocenters. The highest BCUT2D eigenvalue weighted by Crippen LogP contribution is 2.28. The number of hydrogen-bond donors (Lipinski definition) is 0. The largest absolute Gasteiger partial charge is 0.496 e. The predicted molar refractivity (Wildman–Crippen MR) is 93.8 cm³/mol. The van der Waals surface area contributed by atoms with E-state index in [0.29, 0.717) is 19.7 Å². The van der Waals surface area contributed by atoms with Gasteiger partial charge in [0.1, 0.15) is 12.4 Å². The van der Waals surface area contributed by atoms with Gasteiger partial charge in [0.25, 0.3) is 0 Å². The Labute approximate surface area is 142 Å². The molecule has 1 heterocycles. The van der Waals surface area contributed by atoms with Gasteiger partial charge in [0, 0.05) is 18.7 Å². The van der Waals surface area contributed by atoms with Gasteiger partial charge in [-0.05, 0) is 35.2 Å². The highest BCUT2D eigenvalue weighted by Gasteiger charge is 2.23. The van der Waals surface area contributed by atoms with Gasteiger partial charge in [-0.2, -0.15) is 0 Å². The van der Waals surface area contributed by atoms with Crippen molar-refractivity contribution >= 4 is 12.2 Å². The normalized spacial score (nSPS) is 13.1. The van der Waals surface area contributed by atoms with Crippen LogP contribution in [0.4, 0.5) is 4.79 Å². The Hall–Kier alpha value is -2.75. The Morgan fingerprint density at radius 2 is 2.04 bits per heavy atom. The van der Waals surface area contributed by atoms with Crippen LogP contribution < -0.4 is 4.74 Å². The highest BCUT2D eigenvalue weighted by atomic mass is 16.6. The summed E-state index contributed by atoms with van der Waals surface area (Å²) >= 11 is 0. The fourth-order valence-corrected chi connectivity index (χ4v) is 2.91. The molecule has 3 rings (SSSR count). The quantitative estimate of drug-likeness (QED) is 0.852. The second-order valence-corrected chi connectivity index (χ2v) is 5.78. The molecule has 0 bridgehead atoms. The van der Waals surface area contributed by atoms with E-state index in [0.717, 1.165) is 28.9 Å². The van der Waals surface area contributed by atoms with Crippen LogP contribution in [0.1, 0.15) is 22.3 Å². The minimum atomic E-state index is -0.277. The molecule has 0 saturated heterocycles. The number of methoxy groups -OCH3 is 1. The van der Waals surface area contributed by atoms with E-state index in [4.69, 9.17) is 9.47 Å². The topological polar surface area (TPSA) is 38.8 Å². The summed E-state index contributed by atoms with van der Waals surface area (Å²) in [6.07, 6.45) is 2.29. The van der Waals surface area contributed by atoms with Gasteiger partial charge in [-0.15, -0.1) is 0 Å². The van der Waals surface area contributed by atoms with Crippen LogP contribution in [0, 0.1) is 0 Å². The molecule has 4 heteroatoms. The molecule has 0 unspecified atom stereocenters. The fraction of sp³-hybridized carbons (Fsp3) is 0.250. The summed E-state index contributed by atoms with van der Waals surface area (Å²) in [4.78, 5) is 14.1. The summed E-state index contributed by atoms with van der Waals surface area (Å²) in [7, 11) is 1.66. The molecule has 0 aromatic heterocycles. The number of ether oxygens (including phenoxy) is 2. The Morgan fingerprint density at radius 1 is 1.25 bits per heavy atom. The molecule has 0 saturated carbocycles. The van der Waals surface area contributed by atoms with Gasteiger partial charge in [0.15, 0.2) is 0 Å². The lowest BCUT2D eigenvalue weighted by Gasteiger charge is -2.29. The molecule has 4 nitrogen and oxygen atoms in total. The molecule has 0 fully saturated rings. The first kappa shape index (κ1) is 16.1. The van der Waals surface area contributed by atoms with E-state index in [9.17, 15) is 4.79 Å². The number of benzene rings is 2. The van der Waals surface area contributed by atoms with Crippen molar-refractivity contribution in [1.82, 2.24) is 4.90 Å². The van der Waals surface area contributed by atoms with Gasteiger partial charge in [-0.3, -0.25) is 0 Å². The minimum absolute atomic E-state index is 0.277. The van der Waals surface area contributed by atoms with Crippen molar-refractivity contribution in [2.24, 2.45) is 0 Å². The van der Waals surface area contributed by atoms with Gasteiger partial charge >= 0.3 is 6.09 Å². The summed E-state index contributed by atoms with van der Waals surface area (Å²) in [5.74, 6) is 0.823. The number of hydrogen-bond acceptors (Lipinski definition) is 3. The van der Waals surface area contributed by atoms with Crippen molar-refractivity contribution in [2.45, 2.75) is 19.6 Å². The smallest absolute Gasteiger partial charge is 0.410 e. The van der Waals surface area contributed by atoms with Crippen LogP contribution in [0.15, 0.2) is 49.0 Å². The maximum atomic E-state index is 12.3. The Bertz CT molecular complexity index is 740. The van der Waals surface area contributed by atoms with Crippen molar-refractivity contribution in [3.8, 4) is 5.75 Å². The zero-order valence-corrected chi connectivity index (χ0v) is 13.8. The maximum absolute atomic E-state index is 12.3. The number of amides is 1.